The smallest absolute Gasteiger partial charge is 0.168 e. The van der Waals surface area contributed by atoms with Gasteiger partial charge in [0.25, 0.3) is 0 Å². The van der Waals surface area contributed by atoms with Crippen LogP contribution in [0.4, 0.5) is 10.1 Å². The third kappa shape index (κ3) is 4.82. The first-order valence-corrected chi connectivity index (χ1v) is 11.2. The quantitative estimate of drug-likeness (QED) is 0.558. The summed E-state index contributed by atoms with van der Waals surface area (Å²) < 4.78 is 15.2. The maximum absolute atomic E-state index is 13.2. The molecule has 29 heavy (non-hydrogen) atoms. The topological polar surface area (TPSA) is 50.1 Å². The van der Waals surface area contributed by atoms with Crippen molar-refractivity contribution in [1.29, 1.82) is 0 Å². The molecule has 0 saturated carbocycles. The first-order chi connectivity index (χ1) is 14.2. The van der Waals surface area contributed by atoms with Crippen LogP contribution in [0.25, 0.3) is 0 Å². The van der Waals surface area contributed by atoms with Crippen molar-refractivity contribution in [2.45, 2.75) is 38.8 Å². The molecule has 8 heteroatoms. The van der Waals surface area contributed by atoms with E-state index in [-0.39, 0.29) is 11.9 Å². The highest BCUT2D eigenvalue weighted by Gasteiger charge is 2.29. The van der Waals surface area contributed by atoms with Crippen molar-refractivity contribution < 1.29 is 4.39 Å². The lowest BCUT2D eigenvalue weighted by Crippen LogP contribution is -2.48. The fourth-order valence-corrected chi connectivity index (χ4v) is 4.62. The van der Waals surface area contributed by atoms with Crippen LogP contribution in [0.15, 0.2) is 41.8 Å². The van der Waals surface area contributed by atoms with Gasteiger partial charge >= 0.3 is 0 Å². The first kappa shape index (κ1) is 20.0. The number of nitrogens with zero attached hydrogens (tertiary/aromatic N) is 6. The molecule has 1 aliphatic rings. The van der Waals surface area contributed by atoms with E-state index in [1.165, 1.54) is 17.0 Å². The van der Waals surface area contributed by atoms with Crippen LogP contribution in [0.1, 0.15) is 42.9 Å². The van der Waals surface area contributed by atoms with Gasteiger partial charge in [-0.3, -0.25) is 4.90 Å². The van der Waals surface area contributed by atoms with Gasteiger partial charge in [-0.25, -0.2) is 9.07 Å². The summed E-state index contributed by atoms with van der Waals surface area (Å²) in [6.45, 7) is 6.66. The number of thiophene rings is 1. The van der Waals surface area contributed by atoms with Crippen LogP contribution in [-0.4, -0.2) is 51.3 Å². The zero-order chi connectivity index (χ0) is 20.1. The molecule has 0 spiro atoms. The molecule has 6 nitrogen and oxygen atoms in total. The van der Waals surface area contributed by atoms with Gasteiger partial charge < -0.3 is 4.90 Å². The third-order valence-electron chi connectivity index (χ3n) is 5.52. The summed E-state index contributed by atoms with van der Waals surface area (Å²) in [5, 5.41) is 14.8. The van der Waals surface area contributed by atoms with Crippen molar-refractivity contribution in [3.05, 3.63) is 58.3 Å². The van der Waals surface area contributed by atoms with Crippen molar-refractivity contribution in [3.8, 4) is 0 Å². The number of benzene rings is 1. The highest BCUT2D eigenvalue weighted by molar-refractivity contribution is 7.09. The normalized spacial score (nSPS) is 16.3. The van der Waals surface area contributed by atoms with Crippen LogP contribution >= 0.6 is 11.3 Å². The predicted molar refractivity (Wildman–Crippen MR) is 114 cm³/mol. The van der Waals surface area contributed by atoms with E-state index in [9.17, 15) is 4.39 Å². The zero-order valence-electron chi connectivity index (χ0n) is 16.7. The maximum Gasteiger partial charge on any atom is 0.168 e. The Kier molecular flexibility index (Phi) is 6.51. The lowest BCUT2D eigenvalue weighted by Gasteiger charge is -2.39. The fraction of sp³-hybridized carbons (Fsp3) is 0.476. The Hall–Kier alpha value is -2.32. The number of unbranched alkanes of at least 4 members (excludes halogenated alkanes) is 1. The molecule has 0 aliphatic carbocycles. The zero-order valence-corrected chi connectivity index (χ0v) is 17.6. The molecule has 4 rings (SSSR count). The molecule has 154 valence electrons. The minimum Gasteiger partial charge on any atom is -0.369 e. The summed E-state index contributed by atoms with van der Waals surface area (Å²) in [6, 6.07) is 11.2. The fourth-order valence-electron chi connectivity index (χ4n) is 3.93. The molecule has 0 radical (unpaired) electrons. The molecule has 0 N–H and O–H groups in total. The number of rotatable bonds is 8. The van der Waals surface area contributed by atoms with Gasteiger partial charge in [0.05, 0.1) is 12.6 Å². The molecule has 3 heterocycles. The van der Waals surface area contributed by atoms with Crippen molar-refractivity contribution in [2.24, 2.45) is 0 Å². The largest absolute Gasteiger partial charge is 0.369 e. The van der Waals surface area contributed by atoms with Crippen molar-refractivity contribution >= 4 is 17.0 Å². The molecule has 1 aliphatic heterocycles. The van der Waals surface area contributed by atoms with E-state index in [0.29, 0.717) is 0 Å². The number of anilines is 1. The monoisotopic (exact) mass is 414 g/mol. The molecule has 1 fully saturated rings. The van der Waals surface area contributed by atoms with Gasteiger partial charge in [0.1, 0.15) is 5.82 Å². The molecule has 0 amide bonds. The third-order valence-corrected chi connectivity index (χ3v) is 6.38. The SMILES string of the molecule is CCCC[C@H](c1nnnn1Cc1cccs1)N1CCN(c2ccc(F)cc2)CC1. The molecule has 1 atom stereocenters. The van der Waals surface area contributed by atoms with Gasteiger partial charge in [-0.15, -0.1) is 16.4 Å². The minimum absolute atomic E-state index is 0.190. The van der Waals surface area contributed by atoms with E-state index in [1.807, 2.05) is 16.8 Å². The Balaban J connectivity index is 1.47. The molecule has 1 aromatic carbocycles. The number of tetrazole rings is 1. The maximum atomic E-state index is 13.2. The van der Waals surface area contributed by atoms with Crippen LogP contribution in [-0.2, 0) is 6.54 Å². The van der Waals surface area contributed by atoms with Gasteiger partial charge in [-0.1, -0.05) is 25.8 Å². The van der Waals surface area contributed by atoms with E-state index in [2.05, 4.69) is 49.8 Å². The molecule has 2 aromatic heterocycles. The van der Waals surface area contributed by atoms with Crippen molar-refractivity contribution in [2.75, 3.05) is 31.1 Å². The molecular formula is C21H27FN6S. The van der Waals surface area contributed by atoms with Gasteiger partial charge in [0, 0.05) is 36.7 Å². The molecule has 1 saturated heterocycles. The molecule has 0 bridgehead atoms. The number of aromatic nitrogens is 4. The molecule has 0 unspecified atom stereocenters. The Morgan fingerprint density at radius 3 is 2.59 bits per heavy atom. The Labute approximate surface area is 174 Å². The van der Waals surface area contributed by atoms with Gasteiger partial charge in [0.15, 0.2) is 5.82 Å². The number of halogens is 1. The van der Waals surface area contributed by atoms with Crippen molar-refractivity contribution in [3.63, 3.8) is 0 Å². The summed E-state index contributed by atoms with van der Waals surface area (Å²) >= 11 is 1.73. The highest BCUT2D eigenvalue weighted by atomic mass is 32.1. The first-order valence-electron chi connectivity index (χ1n) is 10.3. The summed E-state index contributed by atoms with van der Waals surface area (Å²) in [5.41, 5.74) is 1.08. The van der Waals surface area contributed by atoms with Crippen LogP contribution in [0.3, 0.4) is 0 Å². The van der Waals surface area contributed by atoms with Crippen LogP contribution in [0.2, 0.25) is 0 Å². The van der Waals surface area contributed by atoms with E-state index < -0.39 is 0 Å². The second kappa shape index (κ2) is 9.45. The van der Waals surface area contributed by atoms with Crippen molar-refractivity contribution in [1.82, 2.24) is 25.1 Å². The minimum atomic E-state index is -0.190. The summed E-state index contributed by atoms with van der Waals surface area (Å²) in [7, 11) is 0. The lowest BCUT2D eigenvalue weighted by molar-refractivity contribution is 0.163. The Morgan fingerprint density at radius 2 is 1.90 bits per heavy atom. The summed E-state index contributed by atoms with van der Waals surface area (Å²) in [6.07, 6.45) is 3.35. The molecule has 3 aromatic rings. The summed E-state index contributed by atoms with van der Waals surface area (Å²) in [5.74, 6) is 0.770. The van der Waals surface area contributed by atoms with Gasteiger partial charge in [0.2, 0.25) is 0 Å². The van der Waals surface area contributed by atoms with Crippen LogP contribution in [0, 0.1) is 5.82 Å². The Bertz CT molecular complexity index is 871. The predicted octanol–water partition coefficient (Wildman–Crippen LogP) is 3.98. The highest BCUT2D eigenvalue weighted by Crippen LogP contribution is 2.28. The lowest BCUT2D eigenvalue weighted by atomic mass is 10.1. The van der Waals surface area contributed by atoms with E-state index in [1.54, 1.807) is 11.3 Å². The summed E-state index contributed by atoms with van der Waals surface area (Å²) in [4.78, 5) is 6.09. The van der Waals surface area contributed by atoms with E-state index >= 15 is 0 Å². The van der Waals surface area contributed by atoms with Gasteiger partial charge in [-0.05, 0) is 52.6 Å². The standard InChI is InChI=1S/C21H27FN6S/c1-2-3-6-20(21-23-24-25-28(21)16-19-5-4-15-29-19)27-13-11-26(12-14-27)18-9-7-17(22)8-10-18/h4-5,7-10,15,20H,2-3,6,11-14,16H2,1H3/t20-/m1/s1. The number of hydrogen-bond acceptors (Lipinski definition) is 6. The van der Waals surface area contributed by atoms with Crippen LogP contribution < -0.4 is 4.90 Å². The average Bonchev–Trinajstić information content (AvgIpc) is 3.42. The number of hydrogen-bond donors (Lipinski definition) is 0. The second-order valence-electron chi connectivity index (χ2n) is 7.43. The average molecular weight is 415 g/mol. The number of piperazine rings is 1. The molecular weight excluding hydrogens is 387 g/mol. The second-order valence-corrected chi connectivity index (χ2v) is 8.46. The van der Waals surface area contributed by atoms with Crippen LogP contribution in [0.5, 0.6) is 0 Å². The van der Waals surface area contributed by atoms with Gasteiger partial charge in [-0.2, -0.15) is 0 Å². The Morgan fingerprint density at radius 1 is 1.10 bits per heavy atom. The van der Waals surface area contributed by atoms with E-state index in [0.717, 1.165) is 63.5 Å². The van der Waals surface area contributed by atoms with E-state index in [4.69, 9.17) is 0 Å².